The average molecular weight is 1010 g/mol. The van der Waals surface area contributed by atoms with Crippen molar-refractivity contribution in [2.75, 3.05) is 38.9 Å². The van der Waals surface area contributed by atoms with Crippen LogP contribution < -0.4 is 30.0 Å². The van der Waals surface area contributed by atoms with Gasteiger partial charge >= 0.3 is 14.8 Å². The molecule has 6 aromatic rings. The van der Waals surface area contributed by atoms with Crippen LogP contribution in [0.25, 0.3) is 22.3 Å². The second-order valence-corrected chi connectivity index (χ2v) is 20.0. The van der Waals surface area contributed by atoms with E-state index in [0.717, 1.165) is 11.1 Å². The lowest BCUT2D eigenvalue weighted by molar-refractivity contribution is -0.0478. The Labute approximate surface area is 396 Å². The molecule has 0 saturated carbocycles. The molecular formula is C40H43ClN12O14P2. The van der Waals surface area contributed by atoms with E-state index >= 15 is 0 Å². The Hall–Kier alpha value is -6.25. The number of imidazole rings is 2. The van der Waals surface area contributed by atoms with E-state index < -0.39 is 69.1 Å². The number of benzene rings is 2. The molecule has 7 N–H and O–H groups in total. The van der Waals surface area contributed by atoms with Crippen LogP contribution >= 0.6 is 26.0 Å². The molecule has 26 nitrogen and oxygen atoms in total. The lowest BCUT2D eigenvalue weighted by atomic mass is 9.84. The van der Waals surface area contributed by atoms with E-state index in [4.69, 9.17) is 64.3 Å². The molecule has 364 valence electrons. The summed E-state index contributed by atoms with van der Waals surface area (Å²) in [6.45, 7) is -0.751. The van der Waals surface area contributed by atoms with Crippen molar-refractivity contribution in [2.45, 2.75) is 63.9 Å². The molecule has 2 aromatic carbocycles. The van der Waals surface area contributed by atoms with E-state index in [-0.39, 0.29) is 49.1 Å². The van der Waals surface area contributed by atoms with Crippen molar-refractivity contribution in [1.29, 1.82) is 10.5 Å². The number of nitrogens with zero attached hydrogens (tertiary/aromatic N) is 10. The van der Waals surface area contributed by atoms with Crippen LogP contribution in [0.5, 0.6) is 23.3 Å². The molecule has 29 heteroatoms. The summed E-state index contributed by atoms with van der Waals surface area (Å²) >= 11 is 5.41. The molecule has 69 heavy (non-hydrogen) atoms. The maximum absolute atomic E-state index is 13.0. The van der Waals surface area contributed by atoms with Gasteiger partial charge in [0.15, 0.2) is 34.8 Å². The number of phosphoric acid groups is 1. The topological polar surface area (TPSA) is 365 Å². The van der Waals surface area contributed by atoms with Gasteiger partial charge in [-0.25, -0.2) is 19.1 Å². The van der Waals surface area contributed by atoms with Crippen LogP contribution in [0.15, 0.2) is 61.2 Å². The van der Waals surface area contributed by atoms with Crippen LogP contribution in [-0.4, -0.2) is 106 Å². The number of halogens is 1. The highest BCUT2D eigenvalue weighted by Crippen LogP contribution is 2.58. The van der Waals surface area contributed by atoms with Crippen molar-refractivity contribution in [3.05, 3.63) is 72.3 Å². The van der Waals surface area contributed by atoms with Gasteiger partial charge in [0.25, 0.3) is 0 Å². The predicted octanol–water partition coefficient (Wildman–Crippen LogP) is 4.08. The van der Waals surface area contributed by atoms with Gasteiger partial charge in [-0.15, -0.1) is 0 Å². The fourth-order valence-electron chi connectivity index (χ4n) is 7.73. The number of aliphatic hydroxyl groups excluding tert-OH is 3. The molecule has 0 spiro atoms. The first kappa shape index (κ1) is 49.2. The SMILES string of the molecule is COc1nc(N)nc2c1ncn2C1O[C@H](CO)[C@@H](O)[C@@]1(C)C#N.COc1nc(N)nc2c1ncn2C1O[C@H](COP2(=O)OCc3ccccc3O2)[C@@H](O)[C@@]1(C)C#N.O=P1(Cl)OCc2ccccc2O1. The number of hydrogen-bond donors (Lipinski definition) is 5. The minimum absolute atomic E-state index is 0.0213. The fourth-order valence-corrected chi connectivity index (χ4v) is 10.1. The Bertz CT molecular complexity index is 3080. The van der Waals surface area contributed by atoms with E-state index in [1.54, 1.807) is 37.3 Å². The summed E-state index contributed by atoms with van der Waals surface area (Å²) in [6, 6.07) is 18.4. The zero-order valence-electron chi connectivity index (χ0n) is 36.8. The molecule has 4 aromatic heterocycles. The monoisotopic (exact) mass is 1010 g/mol. The normalized spacial score (nSPS) is 29.9. The number of phosphoric ester groups is 1. The summed E-state index contributed by atoms with van der Waals surface area (Å²) in [6.07, 6.45) is -3.53. The summed E-state index contributed by atoms with van der Waals surface area (Å²) in [5, 5.41) is 50.0. The summed E-state index contributed by atoms with van der Waals surface area (Å²) in [7, 11) is -1.12. The number of aliphatic hydroxyl groups is 3. The molecule has 2 fully saturated rings. The van der Waals surface area contributed by atoms with Crippen molar-refractivity contribution in [3.8, 4) is 35.4 Å². The molecule has 4 aliphatic rings. The third-order valence-corrected chi connectivity index (χ3v) is 14.1. The first-order valence-electron chi connectivity index (χ1n) is 20.5. The number of nitrogens with two attached hydrogens (primary N) is 2. The molecule has 2 saturated heterocycles. The van der Waals surface area contributed by atoms with E-state index in [2.05, 4.69) is 42.0 Å². The Balaban J connectivity index is 0.000000157. The number of methoxy groups -OCH3 is 2. The maximum atomic E-state index is 13.0. The van der Waals surface area contributed by atoms with Crippen LogP contribution in [0.1, 0.15) is 37.4 Å². The smallest absolute Gasteiger partial charge is 0.479 e. The Morgan fingerprint density at radius 3 is 1.72 bits per heavy atom. The predicted molar refractivity (Wildman–Crippen MR) is 238 cm³/mol. The minimum atomic E-state index is -3.96. The molecule has 10 rings (SSSR count). The average Bonchev–Trinajstić information content (AvgIpc) is 4.09. The summed E-state index contributed by atoms with van der Waals surface area (Å²) < 4.78 is 74.9. The molecular weight excluding hydrogens is 970 g/mol. The van der Waals surface area contributed by atoms with E-state index in [1.807, 2.05) is 18.2 Å². The summed E-state index contributed by atoms with van der Waals surface area (Å²) in [5.41, 5.74) is 11.5. The first-order chi connectivity index (χ1) is 32.9. The van der Waals surface area contributed by atoms with Crippen LogP contribution in [0.3, 0.4) is 0 Å². The zero-order chi connectivity index (χ0) is 49.5. The quantitative estimate of drug-likeness (QED) is 0.134. The van der Waals surface area contributed by atoms with Gasteiger partial charge < -0.3 is 54.8 Å². The number of aromatic nitrogens is 8. The number of anilines is 2. The number of nitrogen functional groups attached to an aromatic ring is 2. The lowest BCUT2D eigenvalue weighted by Gasteiger charge is -2.26. The number of rotatable bonds is 8. The second-order valence-electron chi connectivity index (χ2n) is 15.9. The number of fused-ring (bicyclic) bond motifs is 4. The summed E-state index contributed by atoms with van der Waals surface area (Å²) in [5.74, 6) is 1.20. The van der Waals surface area contributed by atoms with Gasteiger partial charge in [0.1, 0.15) is 46.7 Å². The van der Waals surface area contributed by atoms with Gasteiger partial charge in [0.2, 0.25) is 23.7 Å². The molecule has 0 radical (unpaired) electrons. The maximum Gasteiger partial charge on any atom is 0.530 e. The fraction of sp³-hybridized carbons (Fsp3) is 0.400. The molecule has 0 bridgehead atoms. The number of para-hydroxylation sites is 2. The van der Waals surface area contributed by atoms with Crippen LogP contribution in [-0.2, 0) is 45.4 Å². The molecule has 0 aliphatic carbocycles. The molecule has 8 heterocycles. The minimum Gasteiger partial charge on any atom is -0.479 e. The van der Waals surface area contributed by atoms with Crippen molar-refractivity contribution in [3.63, 3.8) is 0 Å². The molecule has 0 amide bonds. The van der Waals surface area contributed by atoms with E-state index in [0.29, 0.717) is 28.2 Å². The third-order valence-electron chi connectivity index (χ3n) is 11.4. The Morgan fingerprint density at radius 2 is 1.23 bits per heavy atom. The first-order valence-corrected chi connectivity index (χ1v) is 24.4. The van der Waals surface area contributed by atoms with E-state index in [1.165, 1.54) is 42.9 Å². The summed E-state index contributed by atoms with van der Waals surface area (Å²) in [4.78, 5) is 24.7. The van der Waals surface area contributed by atoms with Gasteiger partial charge in [-0.05, 0) is 26.0 Å². The van der Waals surface area contributed by atoms with Gasteiger partial charge in [0.05, 0.1) is 65.4 Å². The third kappa shape index (κ3) is 9.33. The number of ether oxygens (including phenoxy) is 4. The van der Waals surface area contributed by atoms with Crippen molar-refractivity contribution < 1.29 is 66.0 Å². The van der Waals surface area contributed by atoms with Crippen molar-refractivity contribution in [2.24, 2.45) is 10.8 Å². The standard InChI is InChI=1S/C20H21N6O7P.C13H16N6O4.C7H6ClO3P/c1-20(9-21)15(27)13(8-31-34(28)30-7-11-5-3-4-6-12(11)33-34)32-18(20)26-10-23-14-16(26)24-19(22)25-17(14)29-2;1-13(4-14)8(21)6(3-20)23-11(13)19-5-16-7-9(19)17-12(15)18-10(7)22-2;8-12(9)10-5-6-3-1-2-4-7(6)11-12/h3-6,10,13,15,18,27H,7-8H2,1-2H3,(H2,22,24,25);5-6,8,11,20-21H,3H2,1-2H3,(H2,15,17,18);1-4H,5H2/t13-,15-,18?,20-,34?;6-,8-,11?,13-;/m11./s1. The lowest BCUT2D eigenvalue weighted by Crippen LogP contribution is -2.37. The zero-order valence-corrected chi connectivity index (χ0v) is 39.3. The van der Waals surface area contributed by atoms with Crippen molar-refractivity contribution in [1.82, 2.24) is 39.0 Å². The van der Waals surface area contributed by atoms with Crippen LogP contribution in [0.2, 0.25) is 0 Å². The van der Waals surface area contributed by atoms with Gasteiger partial charge in [-0.3, -0.25) is 22.7 Å². The Morgan fingerprint density at radius 1 is 0.768 bits per heavy atom. The van der Waals surface area contributed by atoms with Gasteiger partial charge in [0, 0.05) is 22.4 Å². The van der Waals surface area contributed by atoms with Crippen molar-refractivity contribution >= 4 is 60.2 Å². The molecule has 4 unspecified atom stereocenters. The highest BCUT2D eigenvalue weighted by molar-refractivity contribution is 7.81. The second kappa shape index (κ2) is 19.3. The van der Waals surface area contributed by atoms with Crippen LogP contribution in [0, 0.1) is 33.5 Å². The number of nitriles is 2. The highest BCUT2D eigenvalue weighted by atomic mass is 35.7. The van der Waals surface area contributed by atoms with E-state index in [9.17, 15) is 35.0 Å². The van der Waals surface area contributed by atoms with Gasteiger partial charge in [-0.1, -0.05) is 36.4 Å². The highest BCUT2D eigenvalue weighted by Gasteiger charge is 2.57. The number of hydrogen-bond acceptors (Lipinski definition) is 24. The van der Waals surface area contributed by atoms with Gasteiger partial charge in [-0.2, -0.15) is 30.5 Å². The molecule has 4 aliphatic heterocycles. The Kier molecular flexibility index (Phi) is 13.7. The van der Waals surface area contributed by atoms with Crippen LogP contribution in [0.4, 0.5) is 11.9 Å². The largest absolute Gasteiger partial charge is 0.530 e. The molecule has 10 atom stereocenters.